The topological polar surface area (TPSA) is 43.1 Å². The van der Waals surface area contributed by atoms with Gasteiger partial charge < -0.3 is 0 Å². The molecule has 86 valence electrons. The first kappa shape index (κ1) is 10.4. The van der Waals surface area contributed by atoms with Gasteiger partial charge in [0.05, 0.1) is 10.6 Å². The predicted octanol–water partition coefficient (Wildman–Crippen LogP) is 2.98. The van der Waals surface area contributed by atoms with E-state index in [1.165, 1.54) is 4.88 Å². The molecule has 0 aliphatic heterocycles. The Kier molecular flexibility index (Phi) is 2.40. The maximum absolute atomic E-state index is 4.52. The van der Waals surface area contributed by atoms with E-state index in [9.17, 15) is 0 Å². The van der Waals surface area contributed by atoms with Crippen LogP contribution in [0.3, 0.4) is 0 Å². The summed E-state index contributed by atoms with van der Waals surface area (Å²) in [5, 5.41) is 6.58. The Bertz CT molecular complexity index is 640. The number of rotatable bonds is 2. The zero-order valence-electron chi connectivity index (χ0n) is 9.66. The summed E-state index contributed by atoms with van der Waals surface area (Å²) in [5.74, 6) is 1.81. The Morgan fingerprint density at radius 3 is 2.88 bits per heavy atom. The maximum Gasteiger partial charge on any atom is 0.252 e. The molecule has 0 spiro atoms. The zero-order valence-corrected chi connectivity index (χ0v) is 10.5. The summed E-state index contributed by atoms with van der Waals surface area (Å²) < 4.78 is 1.82. The van der Waals surface area contributed by atoms with Gasteiger partial charge in [-0.05, 0) is 17.5 Å². The molecule has 4 nitrogen and oxygen atoms in total. The van der Waals surface area contributed by atoms with Gasteiger partial charge in [0.25, 0.3) is 5.78 Å². The molecule has 0 aromatic carbocycles. The van der Waals surface area contributed by atoms with Crippen LogP contribution >= 0.6 is 11.3 Å². The molecule has 17 heavy (non-hydrogen) atoms. The van der Waals surface area contributed by atoms with Gasteiger partial charge in [0, 0.05) is 12.1 Å². The number of thiophene rings is 1. The zero-order chi connectivity index (χ0) is 11.8. The quantitative estimate of drug-likeness (QED) is 0.696. The fourth-order valence-corrected chi connectivity index (χ4v) is 2.40. The van der Waals surface area contributed by atoms with Crippen LogP contribution in [0.4, 0.5) is 0 Å². The van der Waals surface area contributed by atoms with Gasteiger partial charge in [-0.3, -0.25) is 0 Å². The molecule has 5 heteroatoms. The number of fused-ring (bicyclic) bond motifs is 1. The van der Waals surface area contributed by atoms with Crippen LogP contribution in [-0.4, -0.2) is 19.6 Å². The van der Waals surface area contributed by atoms with Crippen LogP contribution < -0.4 is 0 Å². The minimum atomic E-state index is 0.313. The summed E-state index contributed by atoms with van der Waals surface area (Å²) in [6.07, 6.45) is 1.78. The molecule has 0 amide bonds. The minimum absolute atomic E-state index is 0.313. The molecule has 3 aromatic heterocycles. The van der Waals surface area contributed by atoms with E-state index in [1.807, 2.05) is 16.6 Å². The van der Waals surface area contributed by atoms with Crippen molar-refractivity contribution in [1.82, 2.24) is 19.6 Å². The number of nitrogens with zero attached hydrogens (tertiary/aromatic N) is 4. The van der Waals surface area contributed by atoms with Gasteiger partial charge in [0.2, 0.25) is 0 Å². The van der Waals surface area contributed by atoms with Gasteiger partial charge in [0.15, 0.2) is 5.82 Å². The van der Waals surface area contributed by atoms with Crippen molar-refractivity contribution in [1.29, 1.82) is 0 Å². The van der Waals surface area contributed by atoms with Gasteiger partial charge in [-0.1, -0.05) is 19.9 Å². The smallest absolute Gasteiger partial charge is 0.220 e. The fraction of sp³-hybridized carbons (Fsp3) is 0.250. The largest absolute Gasteiger partial charge is 0.252 e. The van der Waals surface area contributed by atoms with Crippen molar-refractivity contribution in [2.75, 3.05) is 0 Å². The first-order chi connectivity index (χ1) is 8.25. The average Bonchev–Trinajstić information content (AvgIpc) is 2.97. The molecule has 0 radical (unpaired) electrons. The molecule has 0 aliphatic rings. The lowest BCUT2D eigenvalue weighted by molar-refractivity contribution is 0.767. The van der Waals surface area contributed by atoms with E-state index >= 15 is 0 Å². The van der Waals surface area contributed by atoms with E-state index in [1.54, 1.807) is 17.5 Å². The summed E-state index contributed by atoms with van der Waals surface area (Å²) in [4.78, 5) is 9.86. The minimum Gasteiger partial charge on any atom is -0.220 e. The third-order valence-corrected chi connectivity index (χ3v) is 3.44. The molecule has 0 unspecified atom stereocenters. The number of hydrogen-bond acceptors (Lipinski definition) is 4. The highest BCUT2D eigenvalue weighted by Crippen LogP contribution is 2.24. The van der Waals surface area contributed by atoms with Crippen molar-refractivity contribution in [2.45, 2.75) is 19.8 Å². The highest BCUT2D eigenvalue weighted by molar-refractivity contribution is 7.13. The lowest BCUT2D eigenvalue weighted by atomic mass is 10.2. The third kappa shape index (κ3) is 1.72. The van der Waals surface area contributed by atoms with Gasteiger partial charge in [0.1, 0.15) is 0 Å². The third-order valence-electron chi connectivity index (χ3n) is 2.55. The second-order valence-electron chi connectivity index (χ2n) is 4.14. The van der Waals surface area contributed by atoms with E-state index in [0.717, 1.165) is 11.5 Å². The van der Waals surface area contributed by atoms with Crippen molar-refractivity contribution in [3.63, 3.8) is 0 Å². The van der Waals surface area contributed by atoms with Crippen molar-refractivity contribution in [2.24, 2.45) is 0 Å². The standard InChI is InChI=1S/C12H12N4S/c1-8(2)11-14-12-13-6-5-9(16(12)15-11)10-4-3-7-17-10/h3-8H,1-2H3. The van der Waals surface area contributed by atoms with Crippen LogP contribution in [0.15, 0.2) is 29.8 Å². The summed E-state index contributed by atoms with van der Waals surface area (Å²) >= 11 is 1.69. The molecule has 3 heterocycles. The molecule has 0 atom stereocenters. The molecule has 3 rings (SSSR count). The highest BCUT2D eigenvalue weighted by Gasteiger charge is 2.12. The monoisotopic (exact) mass is 244 g/mol. The van der Waals surface area contributed by atoms with Crippen LogP contribution in [-0.2, 0) is 0 Å². The van der Waals surface area contributed by atoms with Crippen LogP contribution in [0, 0.1) is 0 Å². The molecule has 0 saturated heterocycles. The van der Waals surface area contributed by atoms with Crippen LogP contribution in [0.1, 0.15) is 25.6 Å². The predicted molar refractivity (Wildman–Crippen MR) is 68.2 cm³/mol. The van der Waals surface area contributed by atoms with Gasteiger partial charge in [-0.25, -0.2) is 4.98 Å². The van der Waals surface area contributed by atoms with E-state index < -0.39 is 0 Å². The SMILES string of the molecule is CC(C)c1nc2nccc(-c3cccs3)n2n1. The molecular formula is C12H12N4S. The first-order valence-electron chi connectivity index (χ1n) is 5.51. The van der Waals surface area contributed by atoms with Gasteiger partial charge >= 0.3 is 0 Å². The Morgan fingerprint density at radius 1 is 1.29 bits per heavy atom. The fourth-order valence-electron chi connectivity index (χ4n) is 1.67. The molecule has 0 aliphatic carbocycles. The van der Waals surface area contributed by atoms with Crippen molar-refractivity contribution in [3.8, 4) is 10.6 Å². The van der Waals surface area contributed by atoms with E-state index in [2.05, 4.69) is 40.4 Å². The first-order valence-corrected chi connectivity index (χ1v) is 6.39. The number of aromatic nitrogens is 4. The van der Waals surface area contributed by atoms with E-state index in [-0.39, 0.29) is 0 Å². The highest BCUT2D eigenvalue weighted by atomic mass is 32.1. The molecule has 3 aromatic rings. The lowest BCUT2D eigenvalue weighted by Gasteiger charge is -1.99. The summed E-state index contributed by atoms with van der Waals surface area (Å²) in [7, 11) is 0. The van der Waals surface area contributed by atoms with E-state index in [0.29, 0.717) is 11.7 Å². The Morgan fingerprint density at radius 2 is 2.18 bits per heavy atom. The Hall–Kier alpha value is -1.75. The van der Waals surface area contributed by atoms with Crippen molar-refractivity contribution < 1.29 is 0 Å². The van der Waals surface area contributed by atoms with Gasteiger partial charge in [-0.15, -0.1) is 16.4 Å². The van der Waals surface area contributed by atoms with Crippen molar-refractivity contribution in [3.05, 3.63) is 35.6 Å². The lowest BCUT2D eigenvalue weighted by Crippen LogP contribution is -1.95. The number of hydrogen-bond donors (Lipinski definition) is 0. The van der Waals surface area contributed by atoms with Gasteiger partial charge in [-0.2, -0.15) is 9.50 Å². The molecular weight excluding hydrogens is 232 g/mol. The summed E-state index contributed by atoms with van der Waals surface area (Å²) in [6.45, 7) is 4.17. The summed E-state index contributed by atoms with van der Waals surface area (Å²) in [6, 6.07) is 6.08. The molecule has 0 N–H and O–H groups in total. The molecule has 0 saturated carbocycles. The van der Waals surface area contributed by atoms with Crippen LogP contribution in [0.5, 0.6) is 0 Å². The second kappa shape index (κ2) is 3.92. The maximum atomic E-state index is 4.52. The average molecular weight is 244 g/mol. The Labute approximate surface area is 103 Å². The second-order valence-corrected chi connectivity index (χ2v) is 5.09. The van der Waals surface area contributed by atoms with Crippen LogP contribution in [0.25, 0.3) is 16.3 Å². The summed E-state index contributed by atoms with van der Waals surface area (Å²) in [5.41, 5.74) is 1.05. The van der Waals surface area contributed by atoms with Crippen LogP contribution in [0.2, 0.25) is 0 Å². The Balaban J connectivity index is 2.25. The van der Waals surface area contributed by atoms with E-state index in [4.69, 9.17) is 0 Å². The molecule has 0 fully saturated rings. The van der Waals surface area contributed by atoms with Crippen molar-refractivity contribution >= 4 is 17.1 Å². The normalized spacial score (nSPS) is 11.5. The molecule has 0 bridgehead atoms.